The molecule has 0 saturated heterocycles. The van der Waals surface area contributed by atoms with Crippen LogP contribution in [0.3, 0.4) is 0 Å². The molecule has 0 aromatic heterocycles. The molecule has 0 unspecified atom stereocenters. The Morgan fingerprint density at radius 2 is 1.78 bits per heavy atom. The fraction of sp³-hybridized carbons (Fsp3) is 0.0556. The molecular weight excluding hydrogens is 292 g/mol. The summed E-state index contributed by atoms with van der Waals surface area (Å²) in [6.07, 6.45) is 0. The molecule has 5 nitrogen and oxygen atoms in total. The molecule has 2 N–H and O–H groups in total. The zero-order valence-electron chi connectivity index (χ0n) is 12.4. The maximum Gasteiger partial charge on any atom is 0.259 e. The fourth-order valence-electron chi connectivity index (χ4n) is 2.42. The van der Waals surface area contributed by atoms with Gasteiger partial charge in [-0.1, -0.05) is 42.0 Å². The Morgan fingerprint density at radius 1 is 1.09 bits per heavy atom. The van der Waals surface area contributed by atoms with Crippen LogP contribution in [0.4, 0.5) is 11.4 Å². The zero-order valence-corrected chi connectivity index (χ0v) is 12.4. The highest BCUT2D eigenvalue weighted by atomic mass is 16.3. The van der Waals surface area contributed by atoms with Gasteiger partial charge in [-0.25, -0.2) is 0 Å². The summed E-state index contributed by atoms with van der Waals surface area (Å²) in [5.41, 5.74) is 1.56. The van der Waals surface area contributed by atoms with Crippen LogP contribution in [0.2, 0.25) is 0 Å². The first-order valence-corrected chi connectivity index (χ1v) is 7.06. The van der Waals surface area contributed by atoms with E-state index in [-0.39, 0.29) is 11.3 Å². The minimum absolute atomic E-state index is 0.0128. The lowest BCUT2D eigenvalue weighted by atomic mass is 10.0. The minimum atomic E-state index is -0.498. The molecule has 0 heterocycles. The summed E-state index contributed by atoms with van der Waals surface area (Å²) in [5.74, 6) is -0.912. The first kappa shape index (κ1) is 14.7. The quantitative estimate of drug-likeness (QED) is 0.699. The van der Waals surface area contributed by atoms with Crippen LogP contribution in [-0.4, -0.2) is 11.0 Å². The van der Waals surface area contributed by atoms with E-state index < -0.39 is 11.7 Å². The molecule has 0 saturated carbocycles. The summed E-state index contributed by atoms with van der Waals surface area (Å²) in [4.78, 5) is 23.5. The fourth-order valence-corrected chi connectivity index (χ4v) is 2.42. The van der Waals surface area contributed by atoms with Gasteiger partial charge < -0.3 is 10.4 Å². The summed E-state index contributed by atoms with van der Waals surface area (Å²) in [7, 11) is 0. The second-order valence-electron chi connectivity index (χ2n) is 5.25. The van der Waals surface area contributed by atoms with Gasteiger partial charge in [-0.05, 0) is 35.7 Å². The topological polar surface area (TPSA) is 78.8 Å². The molecule has 1 amide bonds. The molecular formula is C18H14N2O3. The van der Waals surface area contributed by atoms with E-state index in [1.807, 2.05) is 19.1 Å². The van der Waals surface area contributed by atoms with Gasteiger partial charge in [0.2, 0.25) is 0 Å². The Bertz CT molecular complexity index is 902. The first-order chi connectivity index (χ1) is 11.1. The molecule has 0 fully saturated rings. The van der Waals surface area contributed by atoms with Crippen molar-refractivity contribution >= 4 is 28.1 Å². The summed E-state index contributed by atoms with van der Waals surface area (Å²) >= 11 is 0. The predicted molar refractivity (Wildman–Crippen MR) is 90.2 cm³/mol. The molecule has 23 heavy (non-hydrogen) atoms. The van der Waals surface area contributed by atoms with Crippen molar-refractivity contribution in [2.45, 2.75) is 6.92 Å². The molecule has 5 heteroatoms. The number of aromatic hydroxyl groups is 1. The average molecular weight is 306 g/mol. The molecule has 0 radical (unpaired) electrons. The number of fused-ring (bicyclic) bond motifs is 1. The zero-order chi connectivity index (χ0) is 16.4. The number of nitroso groups, excluding NO2 is 1. The third-order valence-corrected chi connectivity index (χ3v) is 3.64. The number of benzene rings is 3. The van der Waals surface area contributed by atoms with Crippen LogP contribution in [0.5, 0.6) is 5.75 Å². The lowest BCUT2D eigenvalue weighted by molar-refractivity contribution is 0.102. The van der Waals surface area contributed by atoms with Crippen molar-refractivity contribution in [3.05, 3.63) is 70.6 Å². The molecule has 3 aromatic rings. The van der Waals surface area contributed by atoms with E-state index in [9.17, 15) is 14.8 Å². The average Bonchev–Trinajstić information content (AvgIpc) is 2.56. The van der Waals surface area contributed by atoms with Crippen molar-refractivity contribution in [2.75, 3.05) is 5.32 Å². The first-order valence-electron chi connectivity index (χ1n) is 7.06. The van der Waals surface area contributed by atoms with E-state index in [0.29, 0.717) is 16.5 Å². The highest BCUT2D eigenvalue weighted by Crippen LogP contribution is 2.38. The third kappa shape index (κ3) is 2.76. The van der Waals surface area contributed by atoms with Crippen LogP contribution in [0, 0.1) is 11.8 Å². The highest BCUT2D eigenvalue weighted by Gasteiger charge is 2.18. The number of aryl methyl sites for hydroxylation is 1. The van der Waals surface area contributed by atoms with Crippen LogP contribution >= 0.6 is 0 Å². The Morgan fingerprint density at radius 3 is 2.48 bits per heavy atom. The molecule has 0 bridgehead atoms. The van der Waals surface area contributed by atoms with Crippen molar-refractivity contribution in [3.8, 4) is 5.75 Å². The molecule has 0 aliphatic rings. The van der Waals surface area contributed by atoms with Crippen LogP contribution < -0.4 is 5.32 Å². The number of rotatable bonds is 3. The maximum absolute atomic E-state index is 12.4. The number of hydrogen-bond acceptors (Lipinski definition) is 4. The molecule has 114 valence electrons. The molecule has 3 rings (SSSR count). The molecule has 3 aromatic carbocycles. The number of hydrogen-bond donors (Lipinski definition) is 2. The monoisotopic (exact) mass is 306 g/mol. The standard InChI is InChI=1S/C18H14N2O3/c1-11-6-8-13(9-7-11)19-18(22)15-10-12-4-2-3-5-14(12)16(20-23)17(15)21/h2-10,21H,1H3,(H,19,22). The highest BCUT2D eigenvalue weighted by molar-refractivity contribution is 6.11. The van der Waals surface area contributed by atoms with E-state index in [1.165, 1.54) is 0 Å². The van der Waals surface area contributed by atoms with E-state index in [1.54, 1.807) is 42.5 Å². The van der Waals surface area contributed by atoms with Gasteiger partial charge in [0.15, 0.2) is 11.4 Å². The third-order valence-electron chi connectivity index (χ3n) is 3.64. The summed E-state index contributed by atoms with van der Waals surface area (Å²) < 4.78 is 0. The van der Waals surface area contributed by atoms with Crippen LogP contribution in [0.15, 0.2) is 59.8 Å². The van der Waals surface area contributed by atoms with Gasteiger partial charge in [0.25, 0.3) is 5.91 Å². The van der Waals surface area contributed by atoms with Crippen LogP contribution in [-0.2, 0) is 0 Å². The van der Waals surface area contributed by atoms with Crippen molar-refractivity contribution in [1.82, 2.24) is 0 Å². The molecule has 0 aliphatic heterocycles. The maximum atomic E-state index is 12.4. The van der Waals surface area contributed by atoms with Gasteiger partial charge in [-0.3, -0.25) is 4.79 Å². The summed E-state index contributed by atoms with van der Waals surface area (Å²) in [6, 6.07) is 15.8. The Labute approximate surface area is 132 Å². The number of phenolic OH excluding ortho intramolecular Hbond substituents is 1. The van der Waals surface area contributed by atoms with Gasteiger partial charge in [-0.2, -0.15) is 0 Å². The SMILES string of the molecule is Cc1ccc(NC(=O)c2cc3ccccc3c(N=O)c2O)cc1. The van der Waals surface area contributed by atoms with E-state index >= 15 is 0 Å². The van der Waals surface area contributed by atoms with Gasteiger partial charge in [0.1, 0.15) is 0 Å². The Hall–Kier alpha value is -3.21. The van der Waals surface area contributed by atoms with Gasteiger partial charge >= 0.3 is 0 Å². The molecule has 0 spiro atoms. The summed E-state index contributed by atoms with van der Waals surface area (Å²) in [6.45, 7) is 1.95. The van der Waals surface area contributed by atoms with E-state index in [2.05, 4.69) is 10.5 Å². The molecule has 0 aliphatic carbocycles. The second-order valence-corrected chi connectivity index (χ2v) is 5.25. The van der Waals surface area contributed by atoms with Crippen LogP contribution in [0.1, 0.15) is 15.9 Å². The number of amides is 1. The number of anilines is 1. The normalized spacial score (nSPS) is 10.5. The number of carbonyl (C=O) groups excluding carboxylic acids is 1. The van der Waals surface area contributed by atoms with Gasteiger partial charge in [0.05, 0.1) is 5.56 Å². The van der Waals surface area contributed by atoms with Gasteiger partial charge in [-0.15, -0.1) is 4.91 Å². The molecule has 0 atom stereocenters. The number of nitrogens with one attached hydrogen (secondary N) is 1. The predicted octanol–water partition coefficient (Wildman–Crippen LogP) is 4.50. The van der Waals surface area contributed by atoms with Crippen molar-refractivity contribution in [1.29, 1.82) is 0 Å². The number of carbonyl (C=O) groups is 1. The smallest absolute Gasteiger partial charge is 0.259 e. The number of nitrogens with zero attached hydrogens (tertiary/aromatic N) is 1. The Kier molecular flexibility index (Phi) is 3.76. The largest absolute Gasteiger partial charge is 0.505 e. The lowest BCUT2D eigenvalue weighted by Gasteiger charge is -2.10. The van der Waals surface area contributed by atoms with Crippen molar-refractivity contribution < 1.29 is 9.90 Å². The van der Waals surface area contributed by atoms with Gasteiger partial charge in [0, 0.05) is 11.1 Å². The van der Waals surface area contributed by atoms with E-state index in [0.717, 1.165) is 5.56 Å². The van der Waals surface area contributed by atoms with Crippen LogP contribution in [0.25, 0.3) is 10.8 Å². The van der Waals surface area contributed by atoms with Crippen molar-refractivity contribution in [2.24, 2.45) is 5.18 Å². The Balaban J connectivity index is 2.05. The van der Waals surface area contributed by atoms with E-state index in [4.69, 9.17) is 0 Å². The summed E-state index contributed by atoms with van der Waals surface area (Å²) in [5, 5.41) is 17.0. The number of phenols is 1. The van der Waals surface area contributed by atoms with Crippen molar-refractivity contribution in [3.63, 3.8) is 0 Å². The minimum Gasteiger partial charge on any atom is -0.505 e. The lowest BCUT2D eigenvalue weighted by Crippen LogP contribution is -2.12. The second kappa shape index (κ2) is 5.88.